The zero-order valence-electron chi connectivity index (χ0n) is 9.56. The van der Waals surface area contributed by atoms with E-state index in [-0.39, 0.29) is 6.42 Å². The van der Waals surface area contributed by atoms with Crippen LogP contribution in [0.1, 0.15) is 18.4 Å². The average molecular weight is 242 g/mol. The number of benzene rings is 1. The Kier molecular flexibility index (Phi) is 5.42. The largest absolute Gasteiger partial charge is 0.496 e. The summed E-state index contributed by atoms with van der Waals surface area (Å²) in [6, 6.07) is 7.47. The van der Waals surface area contributed by atoms with E-state index < -0.39 is 12.1 Å². The Morgan fingerprint density at radius 2 is 2.18 bits per heavy atom. The second-order valence-corrected chi connectivity index (χ2v) is 3.62. The zero-order chi connectivity index (χ0) is 12.7. The predicted octanol–water partition coefficient (Wildman–Crippen LogP) is 1.81. The predicted molar refractivity (Wildman–Crippen MR) is 59.1 cm³/mol. The first-order valence-electron chi connectivity index (χ1n) is 5.31. The standard InChI is InChI=1S/C12H15FO4/c1-16-11-8-3-2-5-9(11)6-4-7-10(14)12(15)17-13/h2-3,5,8,10,14H,4,6-7H2,1H3. The third-order valence-corrected chi connectivity index (χ3v) is 2.46. The second kappa shape index (κ2) is 6.85. The summed E-state index contributed by atoms with van der Waals surface area (Å²) in [6.07, 6.45) is -0.0762. The Morgan fingerprint density at radius 1 is 1.47 bits per heavy atom. The number of aryl methyl sites for hydroxylation is 1. The van der Waals surface area contributed by atoms with Gasteiger partial charge in [0.05, 0.1) is 7.11 Å². The second-order valence-electron chi connectivity index (χ2n) is 3.62. The van der Waals surface area contributed by atoms with Gasteiger partial charge in [0.25, 0.3) is 0 Å². The van der Waals surface area contributed by atoms with Gasteiger partial charge in [0.15, 0.2) is 6.10 Å². The fraction of sp³-hybridized carbons (Fsp3) is 0.417. The van der Waals surface area contributed by atoms with Crippen LogP contribution in [-0.2, 0) is 16.2 Å². The number of aliphatic hydroxyl groups is 1. The molecule has 0 saturated carbocycles. The van der Waals surface area contributed by atoms with Crippen LogP contribution in [0.3, 0.4) is 0 Å². The minimum Gasteiger partial charge on any atom is -0.496 e. The SMILES string of the molecule is COc1ccccc1CCCC(O)C(=O)OF. The summed E-state index contributed by atoms with van der Waals surface area (Å²) in [6.45, 7) is 0. The average Bonchev–Trinajstić information content (AvgIpc) is 2.38. The van der Waals surface area contributed by atoms with E-state index in [9.17, 15) is 14.4 Å². The number of hydrogen-bond donors (Lipinski definition) is 1. The first-order valence-corrected chi connectivity index (χ1v) is 5.31. The molecule has 0 aliphatic carbocycles. The van der Waals surface area contributed by atoms with Crippen molar-refractivity contribution in [3.8, 4) is 5.75 Å². The van der Waals surface area contributed by atoms with E-state index in [0.29, 0.717) is 12.8 Å². The maximum atomic E-state index is 11.5. The van der Waals surface area contributed by atoms with E-state index in [1.54, 1.807) is 7.11 Å². The van der Waals surface area contributed by atoms with E-state index in [1.165, 1.54) is 0 Å². The molecule has 1 atom stereocenters. The van der Waals surface area contributed by atoms with Crippen LogP contribution < -0.4 is 4.74 Å². The summed E-state index contributed by atoms with van der Waals surface area (Å²) >= 11 is 0. The van der Waals surface area contributed by atoms with E-state index in [4.69, 9.17) is 4.74 Å². The van der Waals surface area contributed by atoms with Gasteiger partial charge in [-0.15, -0.1) is 0 Å². The van der Waals surface area contributed by atoms with Crippen molar-refractivity contribution in [2.45, 2.75) is 25.4 Å². The van der Waals surface area contributed by atoms with Gasteiger partial charge in [-0.1, -0.05) is 18.2 Å². The quantitative estimate of drug-likeness (QED) is 0.826. The number of methoxy groups -OCH3 is 1. The van der Waals surface area contributed by atoms with Gasteiger partial charge in [-0.05, 0) is 30.9 Å². The summed E-state index contributed by atoms with van der Waals surface area (Å²) in [7, 11) is 1.58. The number of aliphatic hydroxyl groups excluding tert-OH is 1. The van der Waals surface area contributed by atoms with Gasteiger partial charge in [0.2, 0.25) is 0 Å². The number of halogens is 1. The molecule has 0 saturated heterocycles. The lowest BCUT2D eigenvalue weighted by atomic mass is 10.1. The minimum absolute atomic E-state index is 0.154. The molecule has 0 heterocycles. The minimum atomic E-state index is -1.41. The number of ether oxygens (including phenoxy) is 1. The topological polar surface area (TPSA) is 55.8 Å². The van der Waals surface area contributed by atoms with Crippen LogP contribution in [-0.4, -0.2) is 24.3 Å². The molecule has 94 valence electrons. The molecule has 1 aromatic carbocycles. The van der Waals surface area contributed by atoms with Gasteiger partial charge in [-0.2, -0.15) is 0 Å². The van der Waals surface area contributed by atoms with Crippen molar-refractivity contribution >= 4 is 5.97 Å². The first-order chi connectivity index (χ1) is 8.19. The molecule has 0 aliphatic heterocycles. The Labute approximate surface area is 98.9 Å². The molecule has 0 bridgehead atoms. The lowest BCUT2D eigenvalue weighted by molar-refractivity contribution is -0.194. The molecule has 1 unspecified atom stereocenters. The molecule has 0 spiro atoms. The van der Waals surface area contributed by atoms with Gasteiger partial charge in [0, 0.05) is 4.53 Å². The van der Waals surface area contributed by atoms with Crippen molar-refractivity contribution in [2.75, 3.05) is 7.11 Å². The van der Waals surface area contributed by atoms with Crippen LogP contribution in [0, 0.1) is 0 Å². The molecule has 1 rings (SSSR count). The van der Waals surface area contributed by atoms with Crippen molar-refractivity contribution in [3.05, 3.63) is 29.8 Å². The Morgan fingerprint density at radius 3 is 2.82 bits per heavy atom. The highest BCUT2D eigenvalue weighted by molar-refractivity contribution is 5.73. The summed E-state index contributed by atoms with van der Waals surface area (Å²) in [5, 5.41) is 9.18. The molecule has 4 nitrogen and oxygen atoms in total. The fourth-order valence-electron chi connectivity index (χ4n) is 1.56. The van der Waals surface area contributed by atoms with E-state index in [0.717, 1.165) is 11.3 Å². The number of rotatable bonds is 6. The van der Waals surface area contributed by atoms with Crippen LogP contribution >= 0.6 is 0 Å². The van der Waals surface area contributed by atoms with Gasteiger partial charge in [-0.25, -0.2) is 4.79 Å². The summed E-state index contributed by atoms with van der Waals surface area (Å²) in [5.74, 6) is -0.486. The van der Waals surface area contributed by atoms with E-state index >= 15 is 0 Å². The van der Waals surface area contributed by atoms with Gasteiger partial charge in [0.1, 0.15) is 5.75 Å². The lowest BCUT2D eigenvalue weighted by Crippen LogP contribution is -2.20. The molecular weight excluding hydrogens is 227 g/mol. The Bertz CT molecular complexity index is 367. The maximum absolute atomic E-state index is 11.5. The van der Waals surface area contributed by atoms with Gasteiger partial charge >= 0.3 is 5.97 Å². The highest BCUT2D eigenvalue weighted by Crippen LogP contribution is 2.19. The molecule has 1 N–H and O–H groups in total. The Hall–Kier alpha value is -1.62. The number of para-hydroxylation sites is 1. The Balaban J connectivity index is 2.43. The summed E-state index contributed by atoms with van der Waals surface area (Å²) in [5.41, 5.74) is 0.982. The molecular formula is C12H15FO4. The van der Waals surface area contributed by atoms with Crippen LogP contribution in [0.15, 0.2) is 24.3 Å². The van der Waals surface area contributed by atoms with E-state index in [2.05, 4.69) is 4.94 Å². The van der Waals surface area contributed by atoms with E-state index in [1.807, 2.05) is 24.3 Å². The maximum Gasteiger partial charge on any atom is 0.376 e. The molecule has 17 heavy (non-hydrogen) atoms. The lowest BCUT2D eigenvalue weighted by Gasteiger charge is -2.09. The van der Waals surface area contributed by atoms with Crippen LogP contribution in [0.25, 0.3) is 0 Å². The van der Waals surface area contributed by atoms with Crippen molar-refractivity contribution < 1.29 is 24.1 Å². The highest BCUT2D eigenvalue weighted by atomic mass is 19.3. The highest BCUT2D eigenvalue weighted by Gasteiger charge is 2.17. The van der Waals surface area contributed by atoms with Crippen LogP contribution in [0.4, 0.5) is 4.53 Å². The summed E-state index contributed by atoms with van der Waals surface area (Å²) < 4.78 is 16.6. The van der Waals surface area contributed by atoms with Crippen LogP contribution in [0.2, 0.25) is 0 Å². The zero-order valence-corrected chi connectivity index (χ0v) is 9.56. The molecule has 0 aliphatic rings. The van der Waals surface area contributed by atoms with Gasteiger partial charge < -0.3 is 9.84 Å². The monoisotopic (exact) mass is 242 g/mol. The first kappa shape index (κ1) is 13.4. The smallest absolute Gasteiger partial charge is 0.376 e. The number of carbonyl (C=O) groups is 1. The number of carbonyl (C=O) groups excluding carboxylic acids is 1. The third-order valence-electron chi connectivity index (χ3n) is 2.46. The number of hydrogen-bond acceptors (Lipinski definition) is 4. The van der Waals surface area contributed by atoms with Crippen molar-refractivity contribution in [1.29, 1.82) is 0 Å². The fourth-order valence-corrected chi connectivity index (χ4v) is 1.56. The van der Waals surface area contributed by atoms with Crippen molar-refractivity contribution in [3.63, 3.8) is 0 Å². The van der Waals surface area contributed by atoms with Gasteiger partial charge in [-0.3, -0.25) is 4.94 Å². The molecule has 1 aromatic rings. The molecule has 0 fully saturated rings. The molecule has 0 amide bonds. The molecule has 0 radical (unpaired) electrons. The molecule has 0 aromatic heterocycles. The third kappa shape index (κ3) is 4.03. The van der Waals surface area contributed by atoms with Crippen molar-refractivity contribution in [2.24, 2.45) is 0 Å². The van der Waals surface area contributed by atoms with Crippen LogP contribution in [0.5, 0.6) is 5.75 Å². The molecule has 5 heteroatoms. The normalized spacial score (nSPS) is 11.9. The summed E-state index contributed by atoms with van der Waals surface area (Å²) in [4.78, 5) is 13.6. The van der Waals surface area contributed by atoms with Crippen molar-refractivity contribution in [1.82, 2.24) is 0 Å².